The molecule has 3 aromatic carbocycles. The second-order valence-corrected chi connectivity index (χ2v) is 5.36. The van der Waals surface area contributed by atoms with Gasteiger partial charge in [0.2, 0.25) is 0 Å². The van der Waals surface area contributed by atoms with E-state index in [-0.39, 0.29) is 5.75 Å². The maximum atomic E-state index is 12.3. The van der Waals surface area contributed by atoms with Crippen LogP contribution >= 0.6 is 0 Å². The monoisotopic (exact) mass is 336 g/mol. The third kappa shape index (κ3) is 3.69. The molecule has 0 bridgehead atoms. The Morgan fingerprint density at radius 2 is 1.76 bits per heavy atom. The van der Waals surface area contributed by atoms with Gasteiger partial charge in [0.15, 0.2) is 0 Å². The number of esters is 1. The molecule has 0 saturated carbocycles. The number of hydrogen-bond donors (Lipinski definition) is 3. The predicted molar refractivity (Wildman–Crippen MR) is 96.0 cm³/mol. The van der Waals surface area contributed by atoms with Crippen molar-refractivity contribution in [3.63, 3.8) is 0 Å². The molecule has 3 aromatic rings. The summed E-state index contributed by atoms with van der Waals surface area (Å²) in [6.07, 6.45) is 0. The van der Waals surface area contributed by atoms with Crippen molar-refractivity contribution in [1.82, 2.24) is 0 Å². The number of rotatable bonds is 3. The highest BCUT2D eigenvalue weighted by Gasteiger charge is 2.09. The molecule has 0 saturated heterocycles. The van der Waals surface area contributed by atoms with Gasteiger partial charge < -0.3 is 20.5 Å². The van der Waals surface area contributed by atoms with Crippen LogP contribution in [0.1, 0.15) is 10.4 Å². The number of aromatic hydroxyl groups is 1. The van der Waals surface area contributed by atoms with E-state index in [4.69, 9.17) is 0 Å². The number of phenolic OH excluding ortho intramolecular Hbond substituents is 1. The molecule has 0 fully saturated rings. The lowest BCUT2D eigenvalue weighted by atomic mass is 10.1. The van der Waals surface area contributed by atoms with Crippen LogP contribution in [-0.4, -0.2) is 24.2 Å². The highest BCUT2D eigenvalue weighted by Crippen LogP contribution is 2.27. The van der Waals surface area contributed by atoms with E-state index >= 15 is 0 Å². The second kappa shape index (κ2) is 6.92. The van der Waals surface area contributed by atoms with E-state index < -0.39 is 12.0 Å². The average Bonchev–Trinajstić information content (AvgIpc) is 2.61. The Morgan fingerprint density at radius 1 is 0.960 bits per heavy atom. The molecule has 3 N–H and O–H groups in total. The van der Waals surface area contributed by atoms with Crippen molar-refractivity contribution in [2.45, 2.75) is 0 Å². The van der Waals surface area contributed by atoms with E-state index in [9.17, 15) is 14.7 Å². The lowest BCUT2D eigenvalue weighted by molar-refractivity contribution is 0.0600. The minimum Gasteiger partial charge on any atom is -0.508 e. The van der Waals surface area contributed by atoms with Crippen LogP contribution in [0.25, 0.3) is 10.8 Å². The Labute approximate surface area is 144 Å². The number of phenols is 1. The molecule has 0 atom stereocenters. The maximum Gasteiger partial charge on any atom is 0.337 e. The highest BCUT2D eigenvalue weighted by atomic mass is 16.5. The second-order valence-electron chi connectivity index (χ2n) is 5.36. The number of nitrogens with one attached hydrogen (secondary N) is 2. The number of hydrogen-bond acceptors (Lipinski definition) is 4. The minimum absolute atomic E-state index is 0.118. The van der Waals surface area contributed by atoms with Crippen molar-refractivity contribution in [1.29, 1.82) is 0 Å². The van der Waals surface area contributed by atoms with E-state index in [1.807, 2.05) is 12.1 Å². The van der Waals surface area contributed by atoms with Gasteiger partial charge >= 0.3 is 12.0 Å². The summed E-state index contributed by atoms with van der Waals surface area (Å²) >= 11 is 0. The zero-order chi connectivity index (χ0) is 17.8. The van der Waals surface area contributed by atoms with Crippen LogP contribution in [0.15, 0.2) is 60.7 Å². The van der Waals surface area contributed by atoms with Crippen molar-refractivity contribution < 1.29 is 19.4 Å². The first-order valence-electron chi connectivity index (χ1n) is 7.55. The summed E-state index contributed by atoms with van der Waals surface area (Å²) in [7, 11) is 1.30. The molecule has 6 heteroatoms. The van der Waals surface area contributed by atoms with Crippen LogP contribution in [-0.2, 0) is 4.74 Å². The summed E-state index contributed by atoms with van der Waals surface area (Å²) in [4.78, 5) is 23.8. The summed E-state index contributed by atoms with van der Waals surface area (Å²) < 4.78 is 4.66. The summed E-state index contributed by atoms with van der Waals surface area (Å²) in [5, 5.41) is 16.7. The first-order chi connectivity index (χ1) is 12.1. The largest absolute Gasteiger partial charge is 0.508 e. The number of benzene rings is 3. The van der Waals surface area contributed by atoms with Crippen LogP contribution < -0.4 is 10.6 Å². The standard InChI is InChI=1S/C19H16N2O4/c1-25-18(23)13-5-2-6-14(10-13)20-19(24)21-17-7-3-4-12-8-9-15(22)11-16(12)17/h2-11,22H,1H3,(H2,20,21,24). The third-order valence-electron chi connectivity index (χ3n) is 3.66. The SMILES string of the molecule is COC(=O)c1cccc(NC(=O)Nc2cccc3ccc(O)cc23)c1. The number of carbonyl (C=O) groups is 2. The van der Waals surface area contributed by atoms with Gasteiger partial charge in [-0.2, -0.15) is 0 Å². The Hall–Kier alpha value is -3.54. The van der Waals surface area contributed by atoms with E-state index in [0.29, 0.717) is 16.9 Å². The molecule has 25 heavy (non-hydrogen) atoms. The summed E-state index contributed by atoms with van der Waals surface area (Å²) in [5.41, 5.74) is 1.37. The molecular weight excluding hydrogens is 320 g/mol. The van der Waals surface area contributed by atoms with Crippen LogP contribution in [0.3, 0.4) is 0 Å². The van der Waals surface area contributed by atoms with Gasteiger partial charge in [0.1, 0.15) is 5.75 Å². The Kier molecular flexibility index (Phi) is 4.52. The first-order valence-corrected chi connectivity index (χ1v) is 7.55. The Bertz CT molecular complexity index is 953. The minimum atomic E-state index is -0.478. The van der Waals surface area contributed by atoms with Crippen molar-refractivity contribution in [3.05, 3.63) is 66.2 Å². The van der Waals surface area contributed by atoms with E-state index in [1.165, 1.54) is 13.2 Å². The third-order valence-corrected chi connectivity index (χ3v) is 3.66. The van der Waals surface area contributed by atoms with Crippen LogP contribution in [0.5, 0.6) is 5.75 Å². The van der Waals surface area contributed by atoms with Gasteiger partial charge in [0, 0.05) is 11.1 Å². The van der Waals surface area contributed by atoms with Crippen LogP contribution in [0, 0.1) is 0 Å². The van der Waals surface area contributed by atoms with Gasteiger partial charge in [-0.1, -0.05) is 24.3 Å². The van der Waals surface area contributed by atoms with Crippen LogP contribution in [0.2, 0.25) is 0 Å². The fraction of sp³-hybridized carbons (Fsp3) is 0.0526. The molecule has 6 nitrogen and oxygen atoms in total. The lowest BCUT2D eigenvalue weighted by Gasteiger charge is -2.11. The van der Waals surface area contributed by atoms with Crippen molar-refractivity contribution in [3.8, 4) is 5.75 Å². The molecular formula is C19H16N2O4. The van der Waals surface area contributed by atoms with E-state index in [1.54, 1.807) is 42.5 Å². The quantitative estimate of drug-likeness (QED) is 0.631. The molecule has 0 aliphatic carbocycles. The number of anilines is 2. The van der Waals surface area contributed by atoms with Crippen molar-refractivity contribution in [2.24, 2.45) is 0 Å². The molecule has 0 unspecified atom stereocenters. The molecule has 0 aliphatic heterocycles. The van der Waals surface area contributed by atoms with Gasteiger partial charge in [-0.3, -0.25) is 0 Å². The van der Waals surface area contributed by atoms with Crippen LogP contribution in [0.4, 0.5) is 16.2 Å². The maximum absolute atomic E-state index is 12.3. The summed E-state index contributed by atoms with van der Waals surface area (Å²) in [5.74, 6) is -0.360. The Balaban J connectivity index is 1.80. The van der Waals surface area contributed by atoms with Gasteiger partial charge in [0.05, 0.1) is 18.4 Å². The highest BCUT2D eigenvalue weighted by molar-refractivity contribution is 6.06. The predicted octanol–water partition coefficient (Wildman–Crippen LogP) is 3.98. The molecule has 0 radical (unpaired) electrons. The average molecular weight is 336 g/mol. The van der Waals surface area contributed by atoms with Crippen molar-refractivity contribution >= 4 is 34.1 Å². The van der Waals surface area contributed by atoms with Gasteiger partial charge in [-0.05, 0) is 41.8 Å². The van der Waals surface area contributed by atoms with Gasteiger partial charge in [-0.25, -0.2) is 9.59 Å². The smallest absolute Gasteiger partial charge is 0.337 e. The topological polar surface area (TPSA) is 87.7 Å². The zero-order valence-corrected chi connectivity index (χ0v) is 13.4. The van der Waals surface area contributed by atoms with Gasteiger partial charge in [0.25, 0.3) is 0 Å². The number of ether oxygens (including phenoxy) is 1. The number of fused-ring (bicyclic) bond motifs is 1. The number of carbonyl (C=O) groups excluding carboxylic acids is 2. The Morgan fingerprint density at radius 3 is 2.56 bits per heavy atom. The van der Waals surface area contributed by atoms with Gasteiger partial charge in [-0.15, -0.1) is 0 Å². The molecule has 2 amide bonds. The molecule has 0 aromatic heterocycles. The molecule has 126 valence electrons. The number of methoxy groups -OCH3 is 1. The molecule has 0 heterocycles. The number of amides is 2. The summed E-state index contributed by atoms with van der Waals surface area (Å²) in [6.45, 7) is 0. The summed E-state index contributed by atoms with van der Waals surface area (Å²) in [6, 6.07) is 16.4. The van der Waals surface area contributed by atoms with Crippen molar-refractivity contribution in [2.75, 3.05) is 17.7 Å². The van der Waals surface area contributed by atoms with E-state index in [0.717, 1.165) is 10.8 Å². The molecule has 0 spiro atoms. The first kappa shape index (κ1) is 16.3. The number of urea groups is 1. The molecule has 3 rings (SSSR count). The normalized spacial score (nSPS) is 10.3. The lowest BCUT2D eigenvalue weighted by Crippen LogP contribution is -2.19. The zero-order valence-electron chi connectivity index (χ0n) is 13.4. The fourth-order valence-corrected chi connectivity index (χ4v) is 2.50. The van der Waals surface area contributed by atoms with E-state index in [2.05, 4.69) is 15.4 Å². The molecule has 0 aliphatic rings. The fourth-order valence-electron chi connectivity index (χ4n) is 2.50.